The minimum atomic E-state index is -0.392. The van der Waals surface area contributed by atoms with E-state index in [2.05, 4.69) is 37.3 Å². The van der Waals surface area contributed by atoms with Crippen molar-refractivity contribution in [2.75, 3.05) is 31.2 Å². The fourth-order valence-corrected chi connectivity index (χ4v) is 5.06. The summed E-state index contributed by atoms with van der Waals surface area (Å²) in [5, 5.41) is 2.37. The van der Waals surface area contributed by atoms with E-state index in [0.717, 1.165) is 54.9 Å². The molecule has 6 rings (SSSR count). The first-order chi connectivity index (χ1) is 18.0. The number of hydrogen-bond donors (Lipinski definition) is 2. The van der Waals surface area contributed by atoms with E-state index in [4.69, 9.17) is 21.1 Å². The first-order valence-electron chi connectivity index (χ1n) is 11.5. The highest BCUT2D eigenvalue weighted by Crippen LogP contribution is 2.32. The molecule has 0 bridgehead atoms. The van der Waals surface area contributed by atoms with E-state index in [9.17, 15) is 9.59 Å². The molecule has 4 aromatic rings. The average Bonchev–Trinajstić information content (AvgIpc) is 3.45. The molecule has 11 heteroatoms. The van der Waals surface area contributed by atoms with Crippen molar-refractivity contribution in [2.24, 2.45) is 0 Å². The molecule has 4 heterocycles. The molecule has 2 aromatic heterocycles. The lowest BCUT2D eigenvalue weighted by molar-refractivity contribution is -0.115. The summed E-state index contributed by atoms with van der Waals surface area (Å²) in [5.41, 5.74) is 4.59. The quantitative estimate of drug-likeness (QED) is 0.336. The van der Waals surface area contributed by atoms with Crippen LogP contribution in [0.1, 0.15) is 5.56 Å². The number of benzene rings is 2. The van der Waals surface area contributed by atoms with Crippen molar-refractivity contribution in [3.05, 3.63) is 70.1 Å². The SMILES string of the molecule is O=C1NC(=O)/C(=C/c2ccc(Oc3nc4nc(-c5ccc(N6CCOCC6)cc5)c(Cl)cc4[nH]3)cc2)S1. The number of morpholine rings is 1. The largest absolute Gasteiger partial charge is 0.426 e. The Morgan fingerprint density at radius 1 is 1.03 bits per heavy atom. The third kappa shape index (κ3) is 5.04. The van der Waals surface area contributed by atoms with Crippen LogP contribution in [0.25, 0.3) is 28.5 Å². The van der Waals surface area contributed by atoms with Crippen molar-refractivity contribution >= 4 is 57.4 Å². The van der Waals surface area contributed by atoms with Crippen LogP contribution in [-0.2, 0) is 9.53 Å². The van der Waals surface area contributed by atoms with Gasteiger partial charge in [-0.05, 0) is 53.7 Å². The first kappa shape index (κ1) is 23.5. The number of pyridine rings is 1. The van der Waals surface area contributed by atoms with E-state index >= 15 is 0 Å². The second kappa shape index (κ2) is 9.89. The van der Waals surface area contributed by atoms with Gasteiger partial charge < -0.3 is 19.4 Å². The maximum atomic E-state index is 11.7. The van der Waals surface area contributed by atoms with Crippen LogP contribution in [0.3, 0.4) is 0 Å². The number of nitrogens with one attached hydrogen (secondary N) is 2. The maximum Gasteiger partial charge on any atom is 0.301 e. The maximum absolute atomic E-state index is 11.7. The number of imidazole rings is 1. The van der Waals surface area contributed by atoms with Crippen molar-refractivity contribution in [1.29, 1.82) is 0 Å². The third-order valence-electron chi connectivity index (χ3n) is 5.96. The predicted molar refractivity (Wildman–Crippen MR) is 143 cm³/mol. The van der Waals surface area contributed by atoms with Gasteiger partial charge in [0.25, 0.3) is 11.1 Å². The number of nitrogens with zero attached hydrogens (tertiary/aromatic N) is 3. The molecule has 0 spiro atoms. The van der Waals surface area contributed by atoms with E-state index < -0.39 is 5.91 Å². The molecule has 0 atom stereocenters. The predicted octanol–water partition coefficient (Wildman–Crippen LogP) is 5.23. The molecule has 2 N–H and O–H groups in total. The first-order valence-corrected chi connectivity index (χ1v) is 12.7. The molecule has 2 saturated heterocycles. The Hall–Kier alpha value is -3.86. The minimum Gasteiger partial charge on any atom is -0.426 e. The van der Waals surface area contributed by atoms with E-state index in [1.165, 1.54) is 0 Å². The van der Waals surface area contributed by atoms with Gasteiger partial charge in [0.15, 0.2) is 5.65 Å². The number of aromatic amines is 1. The lowest BCUT2D eigenvalue weighted by Gasteiger charge is -2.28. The van der Waals surface area contributed by atoms with Crippen molar-refractivity contribution in [2.45, 2.75) is 0 Å². The Kier molecular flexibility index (Phi) is 6.29. The van der Waals surface area contributed by atoms with Gasteiger partial charge in [0.2, 0.25) is 0 Å². The van der Waals surface area contributed by atoms with Crippen LogP contribution in [0.15, 0.2) is 59.5 Å². The Bertz CT molecular complexity index is 1530. The molecule has 9 nitrogen and oxygen atoms in total. The Balaban J connectivity index is 1.19. The van der Waals surface area contributed by atoms with Crippen LogP contribution in [0, 0.1) is 0 Å². The molecular formula is C26H20ClN5O4S. The molecule has 0 unspecified atom stereocenters. The Morgan fingerprint density at radius 3 is 2.49 bits per heavy atom. The molecule has 37 heavy (non-hydrogen) atoms. The van der Waals surface area contributed by atoms with Crippen LogP contribution >= 0.6 is 23.4 Å². The number of carbonyl (C=O) groups excluding carboxylic acids is 2. The highest BCUT2D eigenvalue weighted by Gasteiger charge is 2.24. The van der Waals surface area contributed by atoms with Gasteiger partial charge in [-0.15, -0.1) is 0 Å². The fourth-order valence-electron chi connectivity index (χ4n) is 4.11. The summed E-state index contributed by atoms with van der Waals surface area (Å²) < 4.78 is 11.3. The summed E-state index contributed by atoms with van der Waals surface area (Å²) in [5.74, 6) is 0.155. The summed E-state index contributed by atoms with van der Waals surface area (Å²) in [4.78, 5) is 37.9. The number of H-pyrrole nitrogens is 1. The Morgan fingerprint density at radius 2 is 1.78 bits per heavy atom. The van der Waals surface area contributed by atoms with E-state index in [0.29, 0.717) is 32.5 Å². The standard InChI is InChI=1S/C26H20ClN5O4S/c27-19-14-20-23(29-22(19)16-3-5-17(6-4-16)32-9-11-35-12-10-32)30-25(28-20)36-18-7-1-15(2-8-18)13-21-24(33)31-26(34)37-21/h1-8,13-14H,9-12H2,(H,28,29,30)(H,31,33,34)/b21-13-. The van der Waals surface area contributed by atoms with Crippen molar-refractivity contribution in [1.82, 2.24) is 20.3 Å². The summed E-state index contributed by atoms with van der Waals surface area (Å²) in [7, 11) is 0. The molecule has 2 amide bonds. The Labute approximate surface area is 220 Å². The number of imide groups is 1. The molecule has 0 aliphatic carbocycles. The lowest BCUT2D eigenvalue weighted by atomic mass is 10.1. The molecular weight excluding hydrogens is 514 g/mol. The number of hydrogen-bond acceptors (Lipinski definition) is 8. The van der Waals surface area contributed by atoms with E-state index in [1.54, 1.807) is 36.4 Å². The number of halogens is 1. The normalized spacial score (nSPS) is 17.0. The number of fused-ring (bicyclic) bond motifs is 1. The fraction of sp³-hybridized carbons (Fsp3) is 0.154. The molecule has 2 aromatic carbocycles. The summed E-state index contributed by atoms with van der Waals surface area (Å²) in [6.07, 6.45) is 1.65. The van der Waals surface area contributed by atoms with Gasteiger partial charge in [0.05, 0.1) is 34.4 Å². The number of aromatic nitrogens is 3. The third-order valence-corrected chi connectivity index (χ3v) is 7.06. The van der Waals surface area contributed by atoms with Crippen LogP contribution in [0.4, 0.5) is 10.5 Å². The molecule has 0 radical (unpaired) electrons. The van der Waals surface area contributed by atoms with Gasteiger partial charge in [-0.3, -0.25) is 14.9 Å². The highest BCUT2D eigenvalue weighted by molar-refractivity contribution is 8.18. The molecule has 2 aliphatic rings. The van der Waals surface area contributed by atoms with Crippen LogP contribution in [0.2, 0.25) is 5.02 Å². The smallest absolute Gasteiger partial charge is 0.301 e. The van der Waals surface area contributed by atoms with Gasteiger partial charge in [0.1, 0.15) is 5.75 Å². The monoisotopic (exact) mass is 533 g/mol. The van der Waals surface area contributed by atoms with Crippen LogP contribution in [-0.4, -0.2) is 52.4 Å². The molecule has 2 aliphatic heterocycles. The summed E-state index contributed by atoms with van der Waals surface area (Å²) in [6, 6.07) is 17.3. The van der Waals surface area contributed by atoms with E-state index in [1.807, 2.05) is 12.1 Å². The summed E-state index contributed by atoms with van der Waals surface area (Å²) in [6.45, 7) is 3.21. The average molecular weight is 534 g/mol. The minimum absolute atomic E-state index is 0.279. The van der Waals surface area contributed by atoms with Gasteiger partial charge in [-0.2, -0.15) is 4.98 Å². The number of rotatable bonds is 5. The zero-order valence-corrected chi connectivity index (χ0v) is 20.9. The van der Waals surface area contributed by atoms with Crippen molar-refractivity contribution in [3.63, 3.8) is 0 Å². The van der Waals surface area contributed by atoms with Gasteiger partial charge >= 0.3 is 6.01 Å². The zero-order chi connectivity index (χ0) is 25.4. The number of anilines is 1. The van der Waals surface area contributed by atoms with Crippen molar-refractivity contribution in [3.8, 4) is 23.0 Å². The highest BCUT2D eigenvalue weighted by atomic mass is 35.5. The van der Waals surface area contributed by atoms with Gasteiger partial charge in [-0.25, -0.2) is 4.98 Å². The number of carbonyl (C=O) groups is 2. The number of ether oxygens (including phenoxy) is 2. The van der Waals surface area contributed by atoms with Gasteiger partial charge in [0, 0.05) is 24.3 Å². The van der Waals surface area contributed by atoms with Crippen LogP contribution in [0.5, 0.6) is 11.8 Å². The van der Waals surface area contributed by atoms with Gasteiger partial charge in [-0.1, -0.05) is 35.9 Å². The number of amides is 2. The molecule has 186 valence electrons. The molecule has 2 fully saturated rings. The second-order valence-electron chi connectivity index (χ2n) is 8.40. The lowest BCUT2D eigenvalue weighted by Crippen LogP contribution is -2.36. The molecule has 0 saturated carbocycles. The summed E-state index contributed by atoms with van der Waals surface area (Å²) >= 11 is 7.44. The number of thioether (sulfide) groups is 1. The zero-order valence-electron chi connectivity index (χ0n) is 19.4. The second-order valence-corrected chi connectivity index (χ2v) is 9.82. The van der Waals surface area contributed by atoms with Crippen molar-refractivity contribution < 1.29 is 19.1 Å². The van der Waals surface area contributed by atoms with Crippen LogP contribution < -0.4 is 15.0 Å². The topological polar surface area (TPSA) is 109 Å². The van der Waals surface area contributed by atoms with E-state index in [-0.39, 0.29) is 11.2 Å².